The van der Waals surface area contributed by atoms with Gasteiger partial charge >= 0.3 is 5.97 Å². The summed E-state index contributed by atoms with van der Waals surface area (Å²) in [6.45, 7) is 7.68. The van der Waals surface area contributed by atoms with Crippen LogP contribution in [0.4, 0.5) is 0 Å². The minimum Gasteiger partial charge on any atom is -0.455 e. The van der Waals surface area contributed by atoms with E-state index >= 15 is 0 Å². The molecule has 0 aromatic carbocycles. The third kappa shape index (κ3) is 4.14. The Bertz CT molecular complexity index is 269. The summed E-state index contributed by atoms with van der Waals surface area (Å²) in [7, 11) is 0. The zero-order valence-corrected chi connectivity index (χ0v) is 10.3. The van der Waals surface area contributed by atoms with Gasteiger partial charge in [-0.2, -0.15) is 0 Å². The highest BCUT2D eigenvalue weighted by atomic mass is 16.6. The molecule has 0 radical (unpaired) electrons. The Kier molecular flexibility index (Phi) is 4.86. The molecule has 0 aliphatic carbocycles. The topological polar surface area (TPSA) is 89.7 Å². The molecule has 0 aliphatic heterocycles. The molecule has 0 aromatic rings. The predicted octanol–water partition coefficient (Wildman–Crippen LogP) is 0.990. The molecule has 1 N–H and O–H groups in total. The smallest absolute Gasteiger partial charge is 0.311 e. The number of hydrogen-bond donors (Lipinski definition) is 1. The minimum absolute atomic E-state index is 0.521. The molecule has 3 unspecified atom stereocenters. The number of aliphatic hydroxyl groups excluding tert-OH is 1. The van der Waals surface area contributed by atoms with Crippen molar-refractivity contribution in [3.8, 4) is 0 Å². The quantitative estimate of drug-likeness (QED) is 0.444. The zero-order chi connectivity index (χ0) is 13.1. The molecule has 0 heterocycles. The van der Waals surface area contributed by atoms with Crippen molar-refractivity contribution < 1.29 is 19.6 Å². The summed E-state index contributed by atoms with van der Waals surface area (Å²) in [5.74, 6) is -0.521. The lowest BCUT2D eigenvalue weighted by Gasteiger charge is -2.23. The first-order valence-corrected chi connectivity index (χ1v) is 5.10. The summed E-state index contributed by atoms with van der Waals surface area (Å²) in [5.41, 5.74) is -0.714. The minimum atomic E-state index is -1.30. The van der Waals surface area contributed by atoms with Crippen LogP contribution in [0.1, 0.15) is 34.6 Å². The highest BCUT2D eigenvalue weighted by Gasteiger charge is 2.37. The molecule has 0 aromatic heterocycles. The van der Waals surface area contributed by atoms with Crippen molar-refractivity contribution in [2.75, 3.05) is 0 Å². The maximum Gasteiger partial charge on any atom is 0.311 e. The lowest BCUT2D eigenvalue weighted by atomic mass is 9.97. The van der Waals surface area contributed by atoms with Gasteiger partial charge in [-0.05, 0) is 34.6 Å². The third-order valence-electron chi connectivity index (χ3n) is 2.12. The van der Waals surface area contributed by atoms with Gasteiger partial charge in [0, 0.05) is 4.92 Å². The third-order valence-corrected chi connectivity index (χ3v) is 2.12. The van der Waals surface area contributed by atoms with Crippen molar-refractivity contribution >= 4 is 5.97 Å². The van der Waals surface area contributed by atoms with Crippen LogP contribution in [-0.2, 0) is 9.53 Å². The van der Waals surface area contributed by atoms with Gasteiger partial charge in [-0.1, -0.05) is 0 Å². The zero-order valence-electron chi connectivity index (χ0n) is 10.3. The first kappa shape index (κ1) is 14.8. The molecule has 0 bridgehead atoms. The Morgan fingerprint density at radius 1 is 1.38 bits per heavy atom. The molecule has 0 rings (SSSR count). The largest absolute Gasteiger partial charge is 0.455 e. The van der Waals surface area contributed by atoms with Gasteiger partial charge in [0.15, 0.2) is 6.10 Å². The van der Waals surface area contributed by atoms with E-state index in [1.54, 1.807) is 20.8 Å². The average molecular weight is 233 g/mol. The van der Waals surface area contributed by atoms with E-state index in [0.29, 0.717) is 0 Å². The second kappa shape index (κ2) is 5.25. The van der Waals surface area contributed by atoms with Gasteiger partial charge in [-0.15, -0.1) is 0 Å². The normalized spacial score (nSPS) is 17.4. The van der Waals surface area contributed by atoms with E-state index in [-0.39, 0.29) is 0 Å². The van der Waals surface area contributed by atoms with Crippen molar-refractivity contribution in [3.05, 3.63) is 10.1 Å². The summed E-state index contributed by atoms with van der Waals surface area (Å²) in [5, 5.41) is 19.9. The Balaban J connectivity index is 4.61. The van der Waals surface area contributed by atoms with Crippen LogP contribution in [0, 0.1) is 15.5 Å². The van der Waals surface area contributed by atoms with Gasteiger partial charge in [0.05, 0.1) is 5.41 Å². The van der Waals surface area contributed by atoms with Crippen LogP contribution in [0.3, 0.4) is 0 Å². The molecule has 6 heteroatoms. The molecular weight excluding hydrogens is 214 g/mol. The van der Waals surface area contributed by atoms with Crippen molar-refractivity contribution in [1.82, 2.24) is 0 Å². The van der Waals surface area contributed by atoms with Crippen LogP contribution < -0.4 is 0 Å². The maximum absolute atomic E-state index is 11.5. The second-order valence-corrected chi connectivity index (χ2v) is 4.88. The van der Waals surface area contributed by atoms with E-state index in [2.05, 4.69) is 0 Å². The monoisotopic (exact) mass is 233 g/mol. The number of carbonyl (C=O) groups excluding carboxylic acids is 1. The molecule has 3 atom stereocenters. The van der Waals surface area contributed by atoms with Crippen molar-refractivity contribution in [2.45, 2.75) is 52.9 Å². The van der Waals surface area contributed by atoms with Crippen molar-refractivity contribution in [1.29, 1.82) is 0 Å². The van der Waals surface area contributed by atoms with Crippen LogP contribution >= 0.6 is 0 Å². The number of ether oxygens (including phenoxy) is 1. The number of esters is 1. The average Bonchev–Trinajstić information content (AvgIpc) is 1.99. The van der Waals surface area contributed by atoms with Crippen LogP contribution in [0.2, 0.25) is 0 Å². The SMILES string of the molecule is CC(O)C(C(C)OC(=O)C(C)(C)C)[N+](=O)[O-]. The molecule has 6 nitrogen and oxygen atoms in total. The lowest BCUT2D eigenvalue weighted by Crippen LogP contribution is -2.44. The molecule has 16 heavy (non-hydrogen) atoms. The van der Waals surface area contributed by atoms with Gasteiger partial charge in [0.1, 0.15) is 6.10 Å². The first-order chi connectivity index (χ1) is 7.07. The first-order valence-electron chi connectivity index (χ1n) is 5.10. The highest BCUT2D eigenvalue weighted by molar-refractivity contribution is 5.75. The number of hydrogen-bond acceptors (Lipinski definition) is 5. The predicted molar refractivity (Wildman–Crippen MR) is 57.5 cm³/mol. The lowest BCUT2D eigenvalue weighted by molar-refractivity contribution is -0.544. The van der Waals surface area contributed by atoms with Crippen LogP contribution in [0.5, 0.6) is 0 Å². The van der Waals surface area contributed by atoms with E-state index in [9.17, 15) is 20.0 Å². The van der Waals surface area contributed by atoms with Crippen molar-refractivity contribution in [3.63, 3.8) is 0 Å². The van der Waals surface area contributed by atoms with E-state index in [1.165, 1.54) is 13.8 Å². The summed E-state index contributed by atoms with van der Waals surface area (Å²) in [4.78, 5) is 21.5. The van der Waals surface area contributed by atoms with Gasteiger partial charge < -0.3 is 9.84 Å². The van der Waals surface area contributed by atoms with E-state index < -0.39 is 34.6 Å². The number of carbonyl (C=O) groups is 1. The standard InChI is InChI=1S/C10H19NO5/c1-6(12)8(11(14)15)7(2)16-9(13)10(3,4)5/h6-8,12H,1-5H3. The number of nitro groups is 1. The Hall–Kier alpha value is -1.17. The molecule has 0 amide bonds. The highest BCUT2D eigenvalue weighted by Crippen LogP contribution is 2.18. The molecule has 0 aliphatic rings. The molecular formula is C10H19NO5. The molecule has 0 saturated heterocycles. The number of rotatable bonds is 4. The Morgan fingerprint density at radius 2 is 1.81 bits per heavy atom. The molecule has 0 spiro atoms. The summed E-state index contributed by atoms with van der Waals surface area (Å²) >= 11 is 0. The molecule has 94 valence electrons. The fraction of sp³-hybridized carbons (Fsp3) is 0.900. The maximum atomic E-state index is 11.5. The van der Waals surface area contributed by atoms with E-state index in [1.807, 2.05) is 0 Å². The van der Waals surface area contributed by atoms with Crippen LogP contribution in [-0.4, -0.2) is 34.2 Å². The number of nitrogens with zero attached hydrogens (tertiary/aromatic N) is 1. The van der Waals surface area contributed by atoms with Crippen LogP contribution in [0.15, 0.2) is 0 Å². The summed E-state index contributed by atoms with van der Waals surface area (Å²) in [6.07, 6.45) is -2.13. The molecule has 0 fully saturated rings. The molecule has 0 saturated carbocycles. The fourth-order valence-electron chi connectivity index (χ4n) is 1.16. The van der Waals surface area contributed by atoms with Gasteiger partial charge in [-0.25, -0.2) is 0 Å². The van der Waals surface area contributed by atoms with Crippen LogP contribution in [0.25, 0.3) is 0 Å². The van der Waals surface area contributed by atoms with Gasteiger partial charge in [0.2, 0.25) is 0 Å². The number of aliphatic hydroxyl groups is 1. The summed E-state index contributed by atoms with van der Waals surface area (Å²) < 4.78 is 4.96. The van der Waals surface area contributed by atoms with Gasteiger partial charge in [-0.3, -0.25) is 14.9 Å². The van der Waals surface area contributed by atoms with Gasteiger partial charge in [0.25, 0.3) is 6.04 Å². The van der Waals surface area contributed by atoms with Crippen molar-refractivity contribution in [2.24, 2.45) is 5.41 Å². The Morgan fingerprint density at radius 3 is 2.06 bits per heavy atom. The summed E-state index contributed by atoms with van der Waals surface area (Å²) in [6, 6.07) is -1.30. The second-order valence-electron chi connectivity index (χ2n) is 4.88. The Labute approximate surface area is 94.7 Å². The van der Waals surface area contributed by atoms with E-state index in [4.69, 9.17) is 4.74 Å². The van der Waals surface area contributed by atoms with E-state index in [0.717, 1.165) is 0 Å². The fourth-order valence-corrected chi connectivity index (χ4v) is 1.16.